The summed E-state index contributed by atoms with van der Waals surface area (Å²) < 4.78 is 11.1. The Morgan fingerprint density at radius 3 is 2.53 bits per heavy atom. The Morgan fingerprint density at radius 1 is 1.24 bits per heavy atom. The Hall–Kier alpha value is -0.890. The molecular formula is C14H19ClO2. The van der Waals surface area contributed by atoms with E-state index in [-0.39, 0.29) is 10.8 Å². The van der Waals surface area contributed by atoms with Gasteiger partial charge in [0.05, 0.1) is 5.38 Å². The summed E-state index contributed by atoms with van der Waals surface area (Å²) >= 11 is 6.54. The molecule has 17 heavy (non-hydrogen) atoms. The smallest absolute Gasteiger partial charge is 0.161 e. The molecular weight excluding hydrogens is 236 g/mol. The van der Waals surface area contributed by atoms with Gasteiger partial charge in [-0.1, -0.05) is 26.8 Å². The third kappa shape index (κ3) is 2.52. The molecule has 0 radical (unpaired) electrons. The van der Waals surface area contributed by atoms with E-state index in [0.717, 1.165) is 23.5 Å². The van der Waals surface area contributed by atoms with Crippen LogP contribution in [0.15, 0.2) is 18.2 Å². The molecule has 0 spiro atoms. The average molecular weight is 255 g/mol. The first-order valence-corrected chi connectivity index (χ1v) is 6.52. The summed E-state index contributed by atoms with van der Waals surface area (Å²) in [6.07, 6.45) is 1.04. The summed E-state index contributed by atoms with van der Waals surface area (Å²) in [5, 5.41) is -0.0108. The first kappa shape index (κ1) is 12.6. The highest BCUT2D eigenvalue weighted by Crippen LogP contribution is 2.43. The van der Waals surface area contributed by atoms with Crippen molar-refractivity contribution in [2.75, 3.05) is 13.2 Å². The van der Waals surface area contributed by atoms with E-state index >= 15 is 0 Å². The van der Waals surface area contributed by atoms with Crippen LogP contribution in [0, 0.1) is 5.41 Å². The number of hydrogen-bond donors (Lipinski definition) is 0. The van der Waals surface area contributed by atoms with Gasteiger partial charge in [0.25, 0.3) is 0 Å². The van der Waals surface area contributed by atoms with E-state index in [1.165, 1.54) is 0 Å². The second kappa shape index (κ2) is 4.77. The van der Waals surface area contributed by atoms with E-state index in [1.54, 1.807) is 0 Å². The summed E-state index contributed by atoms with van der Waals surface area (Å²) in [4.78, 5) is 0. The van der Waals surface area contributed by atoms with Crippen molar-refractivity contribution in [3.63, 3.8) is 0 Å². The van der Waals surface area contributed by atoms with Gasteiger partial charge in [0.1, 0.15) is 13.2 Å². The van der Waals surface area contributed by atoms with Crippen LogP contribution in [-0.4, -0.2) is 13.2 Å². The lowest BCUT2D eigenvalue weighted by molar-refractivity contribution is 0.171. The van der Waals surface area contributed by atoms with Crippen LogP contribution in [0.5, 0.6) is 11.5 Å². The number of benzene rings is 1. The molecule has 0 fully saturated rings. The van der Waals surface area contributed by atoms with Crippen molar-refractivity contribution in [2.24, 2.45) is 5.41 Å². The maximum atomic E-state index is 6.54. The van der Waals surface area contributed by atoms with E-state index in [2.05, 4.69) is 20.8 Å². The number of rotatable bonds is 3. The molecule has 0 aliphatic carbocycles. The molecule has 1 unspecified atom stereocenters. The van der Waals surface area contributed by atoms with Crippen LogP contribution in [0.3, 0.4) is 0 Å². The first-order valence-electron chi connectivity index (χ1n) is 6.08. The van der Waals surface area contributed by atoms with Gasteiger partial charge in [-0.15, -0.1) is 11.6 Å². The van der Waals surface area contributed by atoms with Crippen LogP contribution in [0.25, 0.3) is 0 Å². The molecule has 2 rings (SSSR count). The van der Waals surface area contributed by atoms with E-state index in [1.807, 2.05) is 18.2 Å². The largest absolute Gasteiger partial charge is 0.486 e. The summed E-state index contributed by atoms with van der Waals surface area (Å²) in [5.74, 6) is 1.63. The average Bonchev–Trinajstić information content (AvgIpc) is 2.37. The summed E-state index contributed by atoms with van der Waals surface area (Å²) in [5.41, 5.74) is 1.17. The molecule has 1 aliphatic rings. The minimum absolute atomic E-state index is 0.0108. The van der Waals surface area contributed by atoms with Gasteiger partial charge in [0, 0.05) is 0 Å². The lowest BCUT2D eigenvalue weighted by Crippen LogP contribution is -2.18. The lowest BCUT2D eigenvalue weighted by Gasteiger charge is -2.30. The van der Waals surface area contributed by atoms with Crippen LogP contribution >= 0.6 is 11.6 Å². The second-order valence-corrected chi connectivity index (χ2v) is 5.54. The minimum Gasteiger partial charge on any atom is -0.486 e. The van der Waals surface area contributed by atoms with Crippen LogP contribution in [0.1, 0.15) is 38.1 Å². The molecule has 0 N–H and O–H groups in total. The Bertz CT molecular complexity index is 401. The van der Waals surface area contributed by atoms with Crippen LogP contribution in [0.2, 0.25) is 0 Å². The first-order chi connectivity index (χ1) is 8.04. The molecule has 0 aromatic heterocycles. The van der Waals surface area contributed by atoms with Gasteiger partial charge in [-0.25, -0.2) is 0 Å². The maximum Gasteiger partial charge on any atom is 0.161 e. The fourth-order valence-corrected chi connectivity index (χ4v) is 2.14. The third-order valence-electron chi connectivity index (χ3n) is 3.46. The molecule has 2 nitrogen and oxygen atoms in total. The molecule has 94 valence electrons. The third-order valence-corrected chi connectivity index (χ3v) is 4.30. The van der Waals surface area contributed by atoms with Crippen molar-refractivity contribution in [3.05, 3.63) is 23.8 Å². The number of hydrogen-bond acceptors (Lipinski definition) is 2. The van der Waals surface area contributed by atoms with Gasteiger partial charge in [0.15, 0.2) is 11.5 Å². The molecule has 0 amide bonds. The van der Waals surface area contributed by atoms with Crippen molar-refractivity contribution in [1.29, 1.82) is 0 Å². The molecule has 0 saturated carbocycles. The maximum absolute atomic E-state index is 6.54. The van der Waals surface area contributed by atoms with E-state index in [0.29, 0.717) is 13.2 Å². The number of halogens is 1. The Kier molecular flexibility index (Phi) is 3.53. The van der Waals surface area contributed by atoms with Crippen molar-refractivity contribution >= 4 is 11.6 Å². The minimum atomic E-state index is -0.0108. The molecule has 1 aromatic carbocycles. The zero-order chi connectivity index (χ0) is 12.5. The normalized spacial score (nSPS) is 16.7. The fourth-order valence-electron chi connectivity index (χ4n) is 1.85. The Labute approximate surface area is 108 Å². The quantitative estimate of drug-likeness (QED) is 0.754. The van der Waals surface area contributed by atoms with E-state index < -0.39 is 0 Å². The topological polar surface area (TPSA) is 18.5 Å². The van der Waals surface area contributed by atoms with Gasteiger partial charge in [-0.2, -0.15) is 0 Å². The number of ether oxygens (including phenoxy) is 2. The Balaban J connectivity index is 2.28. The molecule has 1 heterocycles. The highest BCUT2D eigenvalue weighted by atomic mass is 35.5. The monoisotopic (exact) mass is 254 g/mol. The fraction of sp³-hybridized carbons (Fsp3) is 0.571. The van der Waals surface area contributed by atoms with Crippen LogP contribution < -0.4 is 9.47 Å². The predicted molar refractivity (Wildman–Crippen MR) is 70.1 cm³/mol. The van der Waals surface area contributed by atoms with Crippen molar-refractivity contribution in [1.82, 2.24) is 0 Å². The molecule has 1 aromatic rings. The van der Waals surface area contributed by atoms with Gasteiger partial charge >= 0.3 is 0 Å². The van der Waals surface area contributed by atoms with Crippen LogP contribution in [-0.2, 0) is 0 Å². The van der Waals surface area contributed by atoms with Gasteiger partial charge < -0.3 is 9.47 Å². The van der Waals surface area contributed by atoms with E-state index in [4.69, 9.17) is 21.1 Å². The molecule has 0 saturated heterocycles. The van der Waals surface area contributed by atoms with Crippen molar-refractivity contribution in [3.8, 4) is 11.5 Å². The van der Waals surface area contributed by atoms with Crippen LogP contribution in [0.4, 0.5) is 0 Å². The summed E-state index contributed by atoms with van der Waals surface area (Å²) in [6.45, 7) is 7.76. The number of fused-ring (bicyclic) bond motifs is 1. The number of alkyl halides is 1. The van der Waals surface area contributed by atoms with Crippen molar-refractivity contribution in [2.45, 2.75) is 32.6 Å². The molecule has 3 heteroatoms. The van der Waals surface area contributed by atoms with Gasteiger partial charge in [-0.3, -0.25) is 0 Å². The van der Waals surface area contributed by atoms with Crippen molar-refractivity contribution < 1.29 is 9.47 Å². The molecule has 0 bridgehead atoms. The predicted octanol–water partition coefficient (Wildman–Crippen LogP) is 4.17. The molecule has 1 atom stereocenters. The second-order valence-electron chi connectivity index (χ2n) is 5.11. The highest BCUT2D eigenvalue weighted by Gasteiger charge is 2.28. The SMILES string of the molecule is CCC(C)(C)C(Cl)c1ccc2c(c1)OCCO2. The standard InChI is InChI=1S/C14H19ClO2/c1-4-14(2,3)13(15)10-5-6-11-12(9-10)17-8-7-16-11/h5-6,9,13H,4,7-8H2,1-3H3. The van der Waals surface area contributed by atoms with E-state index in [9.17, 15) is 0 Å². The summed E-state index contributed by atoms with van der Waals surface area (Å²) in [7, 11) is 0. The zero-order valence-corrected chi connectivity index (χ0v) is 11.4. The lowest BCUT2D eigenvalue weighted by atomic mass is 9.83. The Morgan fingerprint density at radius 2 is 1.88 bits per heavy atom. The summed E-state index contributed by atoms with van der Waals surface area (Å²) in [6, 6.07) is 5.98. The van der Waals surface area contributed by atoms with Gasteiger partial charge in [0.2, 0.25) is 0 Å². The highest BCUT2D eigenvalue weighted by molar-refractivity contribution is 6.21. The van der Waals surface area contributed by atoms with Gasteiger partial charge in [-0.05, 0) is 29.5 Å². The molecule has 1 aliphatic heterocycles. The zero-order valence-electron chi connectivity index (χ0n) is 10.6.